The van der Waals surface area contributed by atoms with Gasteiger partial charge in [-0.1, -0.05) is 140 Å². The third kappa shape index (κ3) is 4.83. The molecule has 0 saturated carbocycles. The molecule has 0 aliphatic carbocycles. The lowest BCUT2D eigenvalue weighted by molar-refractivity contribution is 0.203. The van der Waals surface area contributed by atoms with Gasteiger partial charge in [0.15, 0.2) is 5.58 Å². The first kappa shape index (κ1) is 29.0. The molecule has 9 aromatic rings. The van der Waals surface area contributed by atoms with Crippen LogP contribution in [-0.4, -0.2) is 4.57 Å². The number of para-hydroxylation sites is 1. The molecule has 5 nitrogen and oxygen atoms in total. The van der Waals surface area contributed by atoms with Crippen LogP contribution in [0.15, 0.2) is 174 Å². The number of benzene rings is 7. The van der Waals surface area contributed by atoms with Crippen LogP contribution in [0.5, 0.6) is 0 Å². The van der Waals surface area contributed by atoms with Crippen LogP contribution in [0.1, 0.15) is 35.2 Å². The summed E-state index contributed by atoms with van der Waals surface area (Å²) in [6, 6.07) is 60.3. The van der Waals surface area contributed by atoms with Crippen molar-refractivity contribution in [1.29, 1.82) is 0 Å². The number of rotatable bonds is 5. The summed E-state index contributed by atoms with van der Waals surface area (Å²) in [5.41, 5.74) is 11.1. The summed E-state index contributed by atoms with van der Waals surface area (Å²) in [5, 5.41) is 16.0. The Hall–Kier alpha value is -5.98. The minimum atomic E-state index is -0.0781. The summed E-state index contributed by atoms with van der Waals surface area (Å²) >= 11 is 0. The molecule has 0 amide bonds. The van der Waals surface area contributed by atoms with Gasteiger partial charge >= 0.3 is 0 Å². The minimum absolute atomic E-state index is 0.0255. The maximum absolute atomic E-state index is 6.65. The summed E-state index contributed by atoms with van der Waals surface area (Å²) in [6.07, 6.45) is -0.129. The van der Waals surface area contributed by atoms with E-state index in [1.807, 2.05) is 6.07 Å². The Balaban J connectivity index is 1.12. The van der Waals surface area contributed by atoms with Gasteiger partial charge in [-0.2, -0.15) is 0 Å². The van der Waals surface area contributed by atoms with Crippen molar-refractivity contribution in [3.8, 4) is 16.8 Å². The zero-order chi connectivity index (χ0) is 33.0. The third-order valence-corrected chi connectivity index (χ3v) is 10.1. The number of aromatic nitrogens is 1. The Kier molecular flexibility index (Phi) is 6.88. The Bertz CT molecular complexity index is 2580. The van der Waals surface area contributed by atoms with Crippen LogP contribution in [0.4, 0.5) is 0 Å². The van der Waals surface area contributed by atoms with Gasteiger partial charge in [0.05, 0.1) is 29.5 Å². The number of nitrogens with zero attached hydrogens (tertiary/aromatic N) is 1. The molecule has 3 heterocycles. The van der Waals surface area contributed by atoms with Crippen molar-refractivity contribution < 1.29 is 4.42 Å². The van der Waals surface area contributed by atoms with Crippen LogP contribution in [-0.2, 0) is 0 Å². The van der Waals surface area contributed by atoms with Crippen molar-refractivity contribution in [2.75, 3.05) is 0 Å². The van der Waals surface area contributed by atoms with Crippen molar-refractivity contribution in [2.45, 2.75) is 18.5 Å². The van der Waals surface area contributed by atoms with Gasteiger partial charge in [0.1, 0.15) is 5.58 Å². The van der Waals surface area contributed by atoms with E-state index in [1.54, 1.807) is 0 Å². The summed E-state index contributed by atoms with van der Waals surface area (Å²) in [5.74, 6) is 0. The molecule has 1 aliphatic heterocycles. The molecule has 0 bridgehead atoms. The zero-order valence-corrected chi connectivity index (χ0v) is 27.3. The second-order valence-corrected chi connectivity index (χ2v) is 13.1. The second-order valence-electron chi connectivity index (χ2n) is 13.1. The average Bonchev–Trinajstić information content (AvgIpc) is 3.74. The number of fused-ring (bicyclic) bond motifs is 7. The van der Waals surface area contributed by atoms with E-state index < -0.39 is 0 Å². The van der Waals surface area contributed by atoms with Crippen molar-refractivity contribution >= 4 is 43.7 Å². The predicted octanol–water partition coefficient (Wildman–Crippen LogP) is 10.5. The molecule has 2 aromatic heterocycles. The molecule has 2 atom stereocenters. The Morgan fingerprint density at radius 2 is 0.960 bits per heavy atom. The van der Waals surface area contributed by atoms with E-state index in [0.717, 1.165) is 44.2 Å². The maximum atomic E-state index is 6.65. The quantitative estimate of drug-likeness (QED) is 0.174. The third-order valence-electron chi connectivity index (χ3n) is 10.1. The molecule has 1 aliphatic rings. The molecular formula is C45H34N4O. The molecule has 0 spiro atoms. The molecule has 50 heavy (non-hydrogen) atoms. The number of furan rings is 1. The van der Waals surface area contributed by atoms with Gasteiger partial charge < -0.3 is 8.98 Å². The van der Waals surface area contributed by atoms with E-state index in [4.69, 9.17) is 4.42 Å². The lowest BCUT2D eigenvalue weighted by Gasteiger charge is -2.39. The second kappa shape index (κ2) is 11.9. The number of nitrogens with one attached hydrogen (secondary N) is 3. The monoisotopic (exact) mass is 646 g/mol. The Labute approximate surface area is 289 Å². The fourth-order valence-corrected chi connectivity index (χ4v) is 7.69. The van der Waals surface area contributed by atoms with E-state index >= 15 is 0 Å². The highest BCUT2D eigenvalue weighted by molar-refractivity contribution is 6.21. The van der Waals surface area contributed by atoms with Gasteiger partial charge in [0.25, 0.3) is 0 Å². The molecule has 5 heteroatoms. The maximum Gasteiger partial charge on any atom is 0.160 e. The van der Waals surface area contributed by atoms with Crippen molar-refractivity contribution in [3.63, 3.8) is 0 Å². The van der Waals surface area contributed by atoms with Gasteiger partial charge in [0.2, 0.25) is 0 Å². The highest BCUT2D eigenvalue weighted by Crippen LogP contribution is 2.41. The topological polar surface area (TPSA) is 54.2 Å². The van der Waals surface area contributed by atoms with Crippen LogP contribution < -0.4 is 16.0 Å². The molecule has 240 valence electrons. The summed E-state index contributed by atoms with van der Waals surface area (Å²) < 4.78 is 9.03. The lowest BCUT2D eigenvalue weighted by atomic mass is 10.0. The summed E-state index contributed by atoms with van der Waals surface area (Å²) in [7, 11) is 0. The molecule has 0 radical (unpaired) electrons. The lowest BCUT2D eigenvalue weighted by Crippen LogP contribution is -2.54. The number of hydrogen-bond donors (Lipinski definition) is 3. The standard InChI is InChI=1S/C45H34N4O/c1-4-12-29(13-5-1)33-22-25-35-37-26-27-38-36-18-10-11-19-40(36)50-42(38)41(37)49(39(35)28-33)34-23-20-32(21-24-34)45-47-43(30-14-6-2-7-15-30)46-44(48-45)31-16-8-3-9-17-31/h1-28,43-48H. The van der Waals surface area contributed by atoms with Gasteiger partial charge in [0, 0.05) is 27.2 Å². The predicted molar refractivity (Wildman–Crippen MR) is 204 cm³/mol. The molecule has 7 aromatic carbocycles. The van der Waals surface area contributed by atoms with Gasteiger partial charge in [-0.15, -0.1) is 0 Å². The first-order chi connectivity index (χ1) is 24.8. The van der Waals surface area contributed by atoms with E-state index in [1.165, 1.54) is 33.0 Å². The van der Waals surface area contributed by atoms with Crippen molar-refractivity contribution in [2.24, 2.45) is 0 Å². The van der Waals surface area contributed by atoms with Crippen LogP contribution in [0, 0.1) is 0 Å². The normalized spacial score (nSPS) is 18.0. The molecular weight excluding hydrogens is 613 g/mol. The van der Waals surface area contributed by atoms with Gasteiger partial charge in [-0.05, 0) is 58.1 Å². The molecule has 2 unspecified atom stereocenters. The van der Waals surface area contributed by atoms with E-state index in [9.17, 15) is 0 Å². The fraction of sp³-hybridized carbons (Fsp3) is 0.0667. The molecule has 1 saturated heterocycles. The number of hydrogen-bond acceptors (Lipinski definition) is 4. The van der Waals surface area contributed by atoms with Crippen LogP contribution in [0.3, 0.4) is 0 Å². The van der Waals surface area contributed by atoms with E-state index in [0.29, 0.717) is 0 Å². The molecule has 10 rings (SSSR count). The molecule has 1 fully saturated rings. The minimum Gasteiger partial charge on any atom is -0.454 e. The Morgan fingerprint density at radius 1 is 0.420 bits per heavy atom. The van der Waals surface area contributed by atoms with Crippen molar-refractivity contribution in [3.05, 3.63) is 187 Å². The first-order valence-electron chi connectivity index (χ1n) is 17.2. The Morgan fingerprint density at radius 3 is 1.62 bits per heavy atom. The fourth-order valence-electron chi connectivity index (χ4n) is 7.69. The SMILES string of the molecule is c1ccc(-c2ccc3c4ccc5c6ccccc6oc5c4n(-c4ccc(C5NC(c6ccccc6)NC(c6ccccc6)N5)cc4)c3c2)cc1. The van der Waals surface area contributed by atoms with E-state index in [-0.39, 0.29) is 18.5 Å². The van der Waals surface area contributed by atoms with Gasteiger partial charge in [-0.3, -0.25) is 16.0 Å². The highest BCUT2D eigenvalue weighted by Gasteiger charge is 2.29. The van der Waals surface area contributed by atoms with Crippen molar-refractivity contribution in [1.82, 2.24) is 20.5 Å². The van der Waals surface area contributed by atoms with Gasteiger partial charge in [-0.25, -0.2) is 0 Å². The van der Waals surface area contributed by atoms with Crippen LogP contribution >= 0.6 is 0 Å². The molecule has 3 N–H and O–H groups in total. The zero-order valence-electron chi connectivity index (χ0n) is 27.3. The van der Waals surface area contributed by atoms with E-state index in [2.05, 4.69) is 184 Å². The smallest absolute Gasteiger partial charge is 0.160 e. The van der Waals surface area contributed by atoms with Crippen LogP contribution in [0.25, 0.3) is 60.6 Å². The first-order valence-corrected chi connectivity index (χ1v) is 17.2. The van der Waals surface area contributed by atoms with Crippen LogP contribution in [0.2, 0.25) is 0 Å². The summed E-state index contributed by atoms with van der Waals surface area (Å²) in [4.78, 5) is 0. The average molecular weight is 647 g/mol. The highest BCUT2D eigenvalue weighted by atomic mass is 16.3. The largest absolute Gasteiger partial charge is 0.454 e. The summed E-state index contributed by atoms with van der Waals surface area (Å²) in [6.45, 7) is 0.